The Hall–Kier alpha value is -1.15. The van der Waals surface area contributed by atoms with Crippen LogP contribution in [0.5, 0.6) is 0 Å². The van der Waals surface area contributed by atoms with Crippen molar-refractivity contribution in [3.63, 3.8) is 0 Å². The average molecular weight is 260 g/mol. The molecule has 0 saturated heterocycles. The zero-order valence-corrected chi connectivity index (χ0v) is 11.0. The van der Waals surface area contributed by atoms with Crippen LogP contribution in [0.3, 0.4) is 0 Å². The lowest BCUT2D eigenvalue weighted by molar-refractivity contribution is 0.951. The molecule has 2 N–H and O–H groups in total. The Morgan fingerprint density at radius 1 is 0.941 bits per heavy atom. The van der Waals surface area contributed by atoms with E-state index in [2.05, 4.69) is 40.5 Å². The quantitative estimate of drug-likeness (QED) is 0.771. The molecule has 2 aromatic rings. The predicted octanol–water partition coefficient (Wildman–Crippen LogP) is 2.84. The highest BCUT2D eigenvalue weighted by Crippen LogP contribution is 2.44. The third-order valence-corrected chi connectivity index (χ3v) is 6.39. The maximum atomic E-state index is 5.79. The lowest BCUT2D eigenvalue weighted by atomic mass is 10.2. The molecule has 1 aliphatic heterocycles. The normalized spacial score (nSPS) is 22.6. The fourth-order valence-electron chi connectivity index (χ4n) is 1.98. The summed E-state index contributed by atoms with van der Waals surface area (Å²) in [5, 5.41) is 8.17. The van der Waals surface area contributed by atoms with Crippen molar-refractivity contribution in [2.24, 2.45) is 0 Å². The second kappa shape index (κ2) is 4.26. The number of hydrogen-bond acceptors (Lipinski definition) is 1. The van der Waals surface area contributed by atoms with Crippen LogP contribution in [0, 0.1) is 0 Å². The molecule has 17 heavy (non-hydrogen) atoms. The highest BCUT2D eigenvalue weighted by Gasteiger charge is 2.24. The van der Waals surface area contributed by atoms with E-state index in [0.29, 0.717) is 0 Å². The molecule has 0 fully saturated rings. The Labute approximate surface area is 106 Å². The van der Waals surface area contributed by atoms with Gasteiger partial charge in [0, 0.05) is 17.5 Å². The van der Waals surface area contributed by atoms with E-state index in [4.69, 9.17) is 11.8 Å². The van der Waals surface area contributed by atoms with Crippen molar-refractivity contribution in [1.29, 1.82) is 0 Å². The van der Waals surface area contributed by atoms with Crippen LogP contribution in [-0.2, 0) is 18.4 Å². The van der Waals surface area contributed by atoms with Crippen LogP contribution in [-0.4, -0.2) is 0 Å². The Kier molecular flexibility index (Phi) is 2.75. The Bertz CT molecular complexity index is 583. The van der Waals surface area contributed by atoms with Crippen molar-refractivity contribution >= 4 is 29.1 Å². The molecule has 2 aromatic carbocycles. The number of para-hydroxylation sites is 1. The van der Waals surface area contributed by atoms with E-state index in [9.17, 15) is 0 Å². The summed E-state index contributed by atoms with van der Waals surface area (Å²) in [5.41, 5.74) is 2.45. The minimum absolute atomic E-state index is 0.843. The van der Waals surface area contributed by atoms with Gasteiger partial charge in [-0.2, -0.15) is 0 Å². The molecule has 0 aromatic heterocycles. The lowest BCUT2D eigenvalue weighted by Crippen LogP contribution is -2.28. The SMILES string of the molecule is S=P1(c2ccccc2)NCc2ccccc2N1. The molecule has 0 saturated carbocycles. The number of fused-ring (bicyclic) bond motifs is 1. The van der Waals surface area contributed by atoms with Gasteiger partial charge < -0.3 is 5.09 Å². The van der Waals surface area contributed by atoms with Gasteiger partial charge in [0.05, 0.1) is 0 Å². The minimum atomic E-state index is -1.86. The standard InChI is InChI=1S/C13H13N2PS/c17-16(12-7-2-1-3-8-12)14-10-11-6-4-5-9-13(11)15-16/h1-9H,10H2,(H2,14,15,17). The molecule has 0 aliphatic carbocycles. The van der Waals surface area contributed by atoms with Gasteiger partial charge in [0.1, 0.15) is 6.34 Å². The van der Waals surface area contributed by atoms with Crippen molar-refractivity contribution in [1.82, 2.24) is 5.09 Å². The van der Waals surface area contributed by atoms with Crippen LogP contribution in [0.2, 0.25) is 0 Å². The molecule has 1 heterocycles. The van der Waals surface area contributed by atoms with Crippen LogP contribution in [0.1, 0.15) is 5.56 Å². The summed E-state index contributed by atoms with van der Waals surface area (Å²) < 4.78 is 0. The van der Waals surface area contributed by atoms with Gasteiger partial charge in [0.2, 0.25) is 0 Å². The van der Waals surface area contributed by atoms with E-state index < -0.39 is 6.34 Å². The fraction of sp³-hybridized carbons (Fsp3) is 0.0769. The molecular formula is C13H13N2PS. The highest BCUT2D eigenvalue weighted by molar-refractivity contribution is 8.18. The molecular weight excluding hydrogens is 247 g/mol. The largest absolute Gasteiger partial charge is 0.343 e. The summed E-state index contributed by atoms with van der Waals surface area (Å²) >= 11 is 5.79. The number of anilines is 1. The third kappa shape index (κ3) is 2.02. The first-order chi connectivity index (χ1) is 8.28. The van der Waals surface area contributed by atoms with Gasteiger partial charge in [-0.1, -0.05) is 60.3 Å². The average Bonchev–Trinajstić information content (AvgIpc) is 2.40. The van der Waals surface area contributed by atoms with Crippen molar-refractivity contribution in [3.8, 4) is 0 Å². The Morgan fingerprint density at radius 3 is 2.47 bits per heavy atom. The van der Waals surface area contributed by atoms with Gasteiger partial charge in [-0.25, -0.2) is 0 Å². The van der Waals surface area contributed by atoms with Crippen LogP contribution in [0.25, 0.3) is 0 Å². The van der Waals surface area contributed by atoms with Gasteiger partial charge in [-0.15, -0.1) is 0 Å². The molecule has 0 spiro atoms. The van der Waals surface area contributed by atoms with Crippen LogP contribution in [0.4, 0.5) is 5.69 Å². The van der Waals surface area contributed by atoms with Gasteiger partial charge >= 0.3 is 0 Å². The summed E-state index contributed by atoms with van der Waals surface area (Å²) in [4.78, 5) is 0. The van der Waals surface area contributed by atoms with Gasteiger partial charge in [0.15, 0.2) is 0 Å². The monoisotopic (exact) mass is 260 g/mol. The van der Waals surface area contributed by atoms with Gasteiger partial charge in [-0.05, 0) is 11.6 Å². The van der Waals surface area contributed by atoms with Crippen LogP contribution >= 0.6 is 6.34 Å². The Balaban J connectivity index is 2.01. The van der Waals surface area contributed by atoms with Crippen molar-refractivity contribution in [3.05, 3.63) is 60.2 Å². The predicted molar refractivity (Wildman–Crippen MR) is 77.3 cm³/mol. The summed E-state index contributed by atoms with van der Waals surface area (Å²) in [7, 11) is 0. The molecule has 86 valence electrons. The molecule has 0 amide bonds. The van der Waals surface area contributed by atoms with E-state index in [1.807, 2.05) is 24.3 Å². The second-order valence-electron chi connectivity index (χ2n) is 4.05. The smallest absolute Gasteiger partial charge is 0.125 e. The third-order valence-electron chi connectivity index (χ3n) is 2.91. The lowest BCUT2D eigenvalue weighted by Gasteiger charge is -2.32. The maximum absolute atomic E-state index is 5.79. The Morgan fingerprint density at radius 2 is 1.65 bits per heavy atom. The molecule has 3 rings (SSSR count). The zero-order valence-electron chi connectivity index (χ0n) is 9.26. The maximum Gasteiger partial charge on any atom is 0.125 e. The number of nitrogens with one attached hydrogen (secondary N) is 2. The summed E-state index contributed by atoms with van der Waals surface area (Å²) in [6, 6.07) is 18.6. The number of hydrogen-bond donors (Lipinski definition) is 2. The summed E-state index contributed by atoms with van der Waals surface area (Å²) in [5.74, 6) is 0. The molecule has 0 bridgehead atoms. The van der Waals surface area contributed by atoms with Gasteiger partial charge in [-0.3, -0.25) is 5.09 Å². The molecule has 1 atom stereocenters. The molecule has 0 radical (unpaired) electrons. The second-order valence-corrected chi connectivity index (χ2v) is 7.97. The molecule has 2 nitrogen and oxygen atoms in total. The van der Waals surface area contributed by atoms with Crippen molar-refractivity contribution < 1.29 is 0 Å². The first kappa shape index (κ1) is 11.0. The number of benzene rings is 2. The zero-order chi connectivity index (χ0) is 11.7. The van der Waals surface area contributed by atoms with E-state index in [1.54, 1.807) is 0 Å². The van der Waals surface area contributed by atoms with E-state index in [1.165, 1.54) is 16.6 Å². The topological polar surface area (TPSA) is 24.1 Å². The first-order valence-electron chi connectivity index (χ1n) is 5.55. The fourth-order valence-corrected chi connectivity index (χ4v) is 4.77. The molecule has 1 unspecified atom stereocenters. The highest BCUT2D eigenvalue weighted by atomic mass is 32.4. The minimum Gasteiger partial charge on any atom is -0.343 e. The number of rotatable bonds is 1. The first-order valence-corrected chi connectivity index (χ1v) is 8.35. The molecule has 1 aliphatic rings. The van der Waals surface area contributed by atoms with Gasteiger partial charge in [0.25, 0.3) is 0 Å². The van der Waals surface area contributed by atoms with Crippen LogP contribution < -0.4 is 15.5 Å². The van der Waals surface area contributed by atoms with E-state index in [-0.39, 0.29) is 0 Å². The van der Waals surface area contributed by atoms with Crippen molar-refractivity contribution in [2.75, 3.05) is 5.09 Å². The van der Waals surface area contributed by atoms with E-state index >= 15 is 0 Å². The summed E-state index contributed by atoms with van der Waals surface area (Å²) in [6.07, 6.45) is -1.86. The summed E-state index contributed by atoms with van der Waals surface area (Å²) in [6.45, 7) is 0.843. The van der Waals surface area contributed by atoms with E-state index in [0.717, 1.165) is 6.54 Å². The van der Waals surface area contributed by atoms with Crippen LogP contribution in [0.15, 0.2) is 54.6 Å². The molecule has 4 heteroatoms. The van der Waals surface area contributed by atoms with Crippen molar-refractivity contribution in [2.45, 2.75) is 6.54 Å².